The molecule has 4 nitrogen and oxygen atoms in total. The Bertz CT molecular complexity index is 819. The first-order valence-corrected chi connectivity index (χ1v) is 8.24. The lowest BCUT2D eigenvalue weighted by molar-refractivity contribution is 0.0937. The van der Waals surface area contributed by atoms with Gasteiger partial charge in [-0.05, 0) is 54.8 Å². The average Bonchev–Trinajstić information content (AvgIpc) is 3.12. The summed E-state index contributed by atoms with van der Waals surface area (Å²) in [5.74, 6) is -0.0392. The van der Waals surface area contributed by atoms with Crippen LogP contribution in [0.25, 0.3) is 0 Å². The van der Waals surface area contributed by atoms with Gasteiger partial charge in [-0.2, -0.15) is 0 Å². The van der Waals surface area contributed by atoms with Crippen LogP contribution < -0.4 is 10.1 Å². The Balaban J connectivity index is 1.78. The number of carbonyl (C=O) groups is 1. The maximum absolute atomic E-state index is 13.0. The minimum absolute atomic E-state index is 0.114. The Kier molecular flexibility index (Phi) is 4.86. The van der Waals surface area contributed by atoms with Gasteiger partial charge in [0, 0.05) is 11.1 Å². The summed E-state index contributed by atoms with van der Waals surface area (Å²) in [6, 6.07) is 12.7. The number of aromatic nitrogens is 1. The molecule has 0 aliphatic carbocycles. The number of rotatable bonds is 5. The predicted octanol–water partition coefficient (Wildman–Crippen LogP) is 4.57. The van der Waals surface area contributed by atoms with Gasteiger partial charge in [-0.1, -0.05) is 6.07 Å². The number of hydrogen-bond acceptors (Lipinski definition) is 4. The summed E-state index contributed by atoms with van der Waals surface area (Å²) in [7, 11) is 0. The molecule has 0 aliphatic heterocycles. The molecule has 0 bridgehead atoms. The molecule has 1 amide bonds. The highest BCUT2D eigenvalue weighted by Crippen LogP contribution is 2.24. The molecule has 1 N–H and O–H groups in total. The summed E-state index contributed by atoms with van der Waals surface area (Å²) in [6.45, 7) is 1.92. The largest absolute Gasteiger partial charge is 0.438 e. The maximum atomic E-state index is 13.0. The Morgan fingerprint density at radius 1 is 1.21 bits per heavy atom. The van der Waals surface area contributed by atoms with E-state index in [0.717, 1.165) is 4.88 Å². The molecule has 0 radical (unpaired) electrons. The smallest absolute Gasteiger partial charge is 0.257 e. The number of pyridine rings is 1. The summed E-state index contributed by atoms with van der Waals surface area (Å²) in [5, 5.41) is 4.89. The van der Waals surface area contributed by atoms with E-state index in [2.05, 4.69) is 10.3 Å². The second-order valence-corrected chi connectivity index (χ2v) is 6.10. The molecule has 0 aliphatic rings. The molecule has 1 atom stereocenters. The van der Waals surface area contributed by atoms with Gasteiger partial charge >= 0.3 is 0 Å². The van der Waals surface area contributed by atoms with Crippen molar-refractivity contribution in [3.8, 4) is 11.6 Å². The van der Waals surface area contributed by atoms with Crippen molar-refractivity contribution in [2.24, 2.45) is 0 Å². The second kappa shape index (κ2) is 7.23. The highest BCUT2D eigenvalue weighted by molar-refractivity contribution is 7.10. The molecule has 24 heavy (non-hydrogen) atoms. The van der Waals surface area contributed by atoms with Crippen LogP contribution in [-0.2, 0) is 0 Å². The molecule has 0 saturated heterocycles. The fourth-order valence-corrected chi connectivity index (χ4v) is 2.88. The van der Waals surface area contributed by atoms with Crippen LogP contribution in [0.5, 0.6) is 11.6 Å². The van der Waals surface area contributed by atoms with E-state index < -0.39 is 0 Å². The average molecular weight is 342 g/mol. The van der Waals surface area contributed by atoms with Gasteiger partial charge in [0.05, 0.1) is 6.04 Å². The van der Waals surface area contributed by atoms with Gasteiger partial charge in [-0.3, -0.25) is 4.79 Å². The van der Waals surface area contributed by atoms with E-state index in [1.54, 1.807) is 29.7 Å². The molecule has 2 aromatic heterocycles. The molecule has 122 valence electrons. The number of nitrogens with one attached hydrogen (secondary N) is 1. The van der Waals surface area contributed by atoms with E-state index in [9.17, 15) is 9.18 Å². The van der Waals surface area contributed by atoms with Crippen molar-refractivity contribution in [1.82, 2.24) is 10.3 Å². The van der Waals surface area contributed by atoms with Crippen LogP contribution in [0.1, 0.15) is 28.2 Å². The van der Waals surface area contributed by atoms with Crippen molar-refractivity contribution in [3.63, 3.8) is 0 Å². The van der Waals surface area contributed by atoms with Gasteiger partial charge in [0.15, 0.2) is 0 Å². The molecule has 3 rings (SSSR count). The Hall–Kier alpha value is -2.73. The molecular formula is C18H15FN2O2S. The van der Waals surface area contributed by atoms with Crippen LogP contribution in [0.15, 0.2) is 60.1 Å². The number of nitrogens with zero attached hydrogens (tertiary/aromatic N) is 1. The number of benzene rings is 1. The highest BCUT2D eigenvalue weighted by Gasteiger charge is 2.17. The molecule has 1 aromatic carbocycles. The van der Waals surface area contributed by atoms with Gasteiger partial charge in [-0.25, -0.2) is 9.37 Å². The number of thiophene rings is 1. The van der Waals surface area contributed by atoms with Gasteiger partial charge in [-0.15, -0.1) is 11.3 Å². The zero-order chi connectivity index (χ0) is 16.9. The van der Waals surface area contributed by atoms with Crippen LogP contribution in [0, 0.1) is 5.82 Å². The summed E-state index contributed by atoms with van der Waals surface area (Å²) in [5.41, 5.74) is 0.324. The lowest BCUT2D eigenvalue weighted by atomic mass is 10.2. The van der Waals surface area contributed by atoms with Crippen LogP contribution in [-0.4, -0.2) is 10.9 Å². The second-order valence-electron chi connectivity index (χ2n) is 5.12. The summed E-state index contributed by atoms with van der Waals surface area (Å²) < 4.78 is 18.6. The molecule has 2 heterocycles. The Labute approximate surface area is 142 Å². The first-order valence-electron chi connectivity index (χ1n) is 7.36. The fraction of sp³-hybridized carbons (Fsp3) is 0.111. The van der Waals surface area contributed by atoms with Gasteiger partial charge < -0.3 is 10.1 Å². The SMILES string of the molecule is CC(NC(=O)c1cccnc1Oc1ccc(F)cc1)c1cccs1. The van der Waals surface area contributed by atoms with E-state index in [1.807, 2.05) is 24.4 Å². The molecule has 3 aromatic rings. The van der Waals surface area contributed by atoms with Crippen molar-refractivity contribution < 1.29 is 13.9 Å². The van der Waals surface area contributed by atoms with Crippen molar-refractivity contribution in [2.75, 3.05) is 0 Å². The number of halogens is 1. The topological polar surface area (TPSA) is 51.2 Å². The molecule has 0 saturated carbocycles. The normalized spacial score (nSPS) is 11.8. The first-order chi connectivity index (χ1) is 11.6. The fourth-order valence-electron chi connectivity index (χ4n) is 2.14. The zero-order valence-corrected chi connectivity index (χ0v) is 13.7. The lowest BCUT2D eigenvalue weighted by Gasteiger charge is -2.14. The van der Waals surface area contributed by atoms with E-state index in [1.165, 1.54) is 24.3 Å². The number of ether oxygens (including phenoxy) is 1. The van der Waals surface area contributed by atoms with Crippen molar-refractivity contribution in [2.45, 2.75) is 13.0 Å². The molecular weight excluding hydrogens is 327 g/mol. The monoisotopic (exact) mass is 342 g/mol. The number of hydrogen-bond donors (Lipinski definition) is 1. The molecule has 0 spiro atoms. The number of carbonyl (C=O) groups excluding carboxylic acids is 1. The zero-order valence-electron chi connectivity index (χ0n) is 12.9. The summed E-state index contributed by atoms with van der Waals surface area (Å²) >= 11 is 1.58. The quantitative estimate of drug-likeness (QED) is 0.739. The highest BCUT2D eigenvalue weighted by atomic mass is 32.1. The van der Waals surface area contributed by atoms with Crippen LogP contribution in [0.3, 0.4) is 0 Å². The third-order valence-corrected chi connectivity index (χ3v) is 4.42. The van der Waals surface area contributed by atoms with Gasteiger partial charge in [0.2, 0.25) is 5.88 Å². The van der Waals surface area contributed by atoms with Crippen molar-refractivity contribution in [3.05, 3.63) is 76.4 Å². The van der Waals surface area contributed by atoms with E-state index >= 15 is 0 Å². The van der Waals surface area contributed by atoms with Crippen molar-refractivity contribution >= 4 is 17.2 Å². The van der Waals surface area contributed by atoms with Crippen LogP contribution >= 0.6 is 11.3 Å². The van der Waals surface area contributed by atoms with Gasteiger partial charge in [0.1, 0.15) is 17.1 Å². The lowest BCUT2D eigenvalue weighted by Crippen LogP contribution is -2.26. The summed E-state index contributed by atoms with van der Waals surface area (Å²) in [6.07, 6.45) is 1.54. The maximum Gasteiger partial charge on any atom is 0.257 e. The van der Waals surface area contributed by atoms with Crippen LogP contribution in [0.4, 0.5) is 4.39 Å². The predicted molar refractivity (Wildman–Crippen MR) is 90.9 cm³/mol. The van der Waals surface area contributed by atoms with Crippen molar-refractivity contribution in [1.29, 1.82) is 0 Å². The van der Waals surface area contributed by atoms with E-state index in [4.69, 9.17) is 4.74 Å². The first kappa shape index (κ1) is 16.1. The summed E-state index contributed by atoms with van der Waals surface area (Å²) in [4.78, 5) is 17.7. The Morgan fingerprint density at radius 2 is 2.00 bits per heavy atom. The van der Waals surface area contributed by atoms with E-state index in [-0.39, 0.29) is 23.6 Å². The number of amides is 1. The Morgan fingerprint density at radius 3 is 2.71 bits per heavy atom. The third-order valence-electron chi connectivity index (χ3n) is 3.36. The van der Waals surface area contributed by atoms with E-state index in [0.29, 0.717) is 11.3 Å². The minimum atomic E-state index is -0.355. The molecule has 0 fully saturated rings. The van der Waals surface area contributed by atoms with Crippen LogP contribution in [0.2, 0.25) is 0 Å². The third kappa shape index (κ3) is 3.78. The van der Waals surface area contributed by atoms with Gasteiger partial charge in [0.25, 0.3) is 5.91 Å². The molecule has 1 unspecified atom stereocenters. The molecule has 6 heteroatoms. The standard InChI is InChI=1S/C18H15FN2O2S/c1-12(16-5-3-11-24-16)21-17(22)15-4-2-10-20-18(15)23-14-8-6-13(19)7-9-14/h2-12H,1H3,(H,21,22). The minimum Gasteiger partial charge on any atom is -0.438 e.